The number of rotatable bonds is 4. The van der Waals surface area contributed by atoms with Crippen molar-refractivity contribution in [1.29, 1.82) is 0 Å². The molecule has 2 aromatic carbocycles. The first-order valence-electron chi connectivity index (χ1n) is 6.51. The number of benzene rings is 2. The van der Waals surface area contributed by atoms with Crippen molar-refractivity contribution in [2.75, 3.05) is 5.32 Å². The average molecular weight is 334 g/mol. The Labute approximate surface area is 138 Å². The van der Waals surface area contributed by atoms with E-state index in [0.717, 1.165) is 0 Å². The molecule has 0 saturated carbocycles. The van der Waals surface area contributed by atoms with Gasteiger partial charge < -0.3 is 5.32 Å². The van der Waals surface area contributed by atoms with Crippen molar-refractivity contribution in [2.24, 2.45) is 0 Å². The zero-order valence-electron chi connectivity index (χ0n) is 11.8. The van der Waals surface area contributed by atoms with Gasteiger partial charge in [0.05, 0.1) is 0 Å². The molecule has 0 atom stereocenters. The van der Waals surface area contributed by atoms with Gasteiger partial charge in [0.25, 0.3) is 0 Å². The third-order valence-corrected chi connectivity index (χ3v) is 3.53. The highest BCUT2D eigenvalue weighted by atomic mass is 35.5. The Balaban J connectivity index is 2.22. The molecule has 0 aliphatic rings. The molecular formula is C17H13Cl2NO2. The number of hydrogen-bond donors (Lipinski definition) is 1. The molecule has 0 aromatic heterocycles. The predicted octanol–water partition coefficient (Wildman–Crippen LogP) is 4.85. The van der Waals surface area contributed by atoms with E-state index < -0.39 is 0 Å². The number of carbonyl (C=O) groups is 2. The molecule has 2 rings (SSSR count). The van der Waals surface area contributed by atoms with E-state index in [4.69, 9.17) is 23.2 Å². The second-order valence-corrected chi connectivity index (χ2v) is 5.41. The van der Waals surface area contributed by atoms with Crippen molar-refractivity contribution in [3.8, 4) is 0 Å². The summed E-state index contributed by atoms with van der Waals surface area (Å²) in [6.45, 7) is 1.41. The molecule has 0 radical (unpaired) electrons. The van der Waals surface area contributed by atoms with Crippen molar-refractivity contribution >= 4 is 46.7 Å². The zero-order chi connectivity index (χ0) is 16.1. The molecule has 1 N–H and O–H groups in total. The lowest BCUT2D eigenvalue weighted by Gasteiger charge is -2.04. The number of anilines is 1. The van der Waals surface area contributed by atoms with Gasteiger partial charge in [0.2, 0.25) is 5.91 Å². The van der Waals surface area contributed by atoms with E-state index in [-0.39, 0.29) is 11.7 Å². The van der Waals surface area contributed by atoms with Crippen LogP contribution in [0.3, 0.4) is 0 Å². The van der Waals surface area contributed by atoms with E-state index in [1.165, 1.54) is 13.0 Å². The van der Waals surface area contributed by atoms with Crippen LogP contribution in [-0.2, 0) is 4.79 Å². The monoisotopic (exact) mass is 333 g/mol. The number of nitrogens with one attached hydrogen (secondary N) is 1. The standard InChI is InChI=1S/C17H13Cl2NO2/c1-11(21)20-13-5-2-4-12(10-13)17(22)9-8-14-15(18)6-3-7-16(14)19/h2-10H,1H3,(H,20,21)/b9-8+. The molecule has 1 amide bonds. The van der Waals surface area contributed by atoms with Crippen LogP contribution in [-0.4, -0.2) is 11.7 Å². The van der Waals surface area contributed by atoms with Gasteiger partial charge >= 0.3 is 0 Å². The molecule has 22 heavy (non-hydrogen) atoms. The van der Waals surface area contributed by atoms with Crippen LogP contribution in [0.25, 0.3) is 6.08 Å². The summed E-state index contributed by atoms with van der Waals surface area (Å²) >= 11 is 12.1. The summed E-state index contributed by atoms with van der Waals surface area (Å²) in [6, 6.07) is 11.8. The van der Waals surface area contributed by atoms with Crippen LogP contribution in [0.1, 0.15) is 22.8 Å². The molecule has 112 valence electrons. The Morgan fingerprint density at radius 2 is 1.68 bits per heavy atom. The second-order valence-electron chi connectivity index (χ2n) is 4.59. The summed E-state index contributed by atoms with van der Waals surface area (Å²) < 4.78 is 0. The maximum Gasteiger partial charge on any atom is 0.221 e. The molecule has 0 heterocycles. The van der Waals surface area contributed by atoms with E-state index in [0.29, 0.717) is 26.9 Å². The molecule has 0 aliphatic heterocycles. The molecular weight excluding hydrogens is 321 g/mol. The van der Waals surface area contributed by atoms with E-state index in [2.05, 4.69) is 5.32 Å². The SMILES string of the molecule is CC(=O)Nc1cccc(C(=O)/C=C/c2c(Cl)cccc2Cl)c1. The number of allylic oxidation sites excluding steroid dienone is 1. The van der Waals surface area contributed by atoms with Gasteiger partial charge in [0.15, 0.2) is 5.78 Å². The van der Waals surface area contributed by atoms with E-state index in [1.807, 2.05) is 0 Å². The Kier molecular flexibility index (Phi) is 5.36. The first-order chi connectivity index (χ1) is 10.5. The molecule has 2 aromatic rings. The predicted molar refractivity (Wildman–Crippen MR) is 90.6 cm³/mol. The Hall–Kier alpha value is -2.10. The Morgan fingerprint density at radius 1 is 1.05 bits per heavy atom. The minimum absolute atomic E-state index is 0.192. The molecule has 0 unspecified atom stereocenters. The van der Waals surface area contributed by atoms with Crippen molar-refractivity contribution in [3.63, 3.8) is 0 Å². The smallest absolute Gasteiger partial charge is 0.221 e. The lowest BCUT2D eigenvalue weighted by molar-refractivity contribution is -0.114. The van der Waals surface area contributed by atoms with Crippen molar-refractivity contribution in [1.82, 2.24) is 0 Å². The lowest BCUT2D eigenvalue weighted by Crippen LogP contribution is -2.06. The number of hydrogen-bond acceptors (Lipinski definition) is 2. The van der Waals surface area contributed by atoms with E-state index >= 15 is 0 Å². The van der Waals surface area contributed by atoms with Gasteiger partial charge in [-0.25, -0.2) is 0 Å². The zero-order valence-corrected chi connectivity index (χ0v) is 13.3. The summed E-state index contributed by atoms with van der Waals surface area (Å²) in [5.41, 5.74) is 1.63. The topological polar surface area (TPSA) is 46.2 Å². The average Bonchev–Trinajstić information content (AvgIpc) is 2.46. The summed E-state index contributed by atoms with van der Waals surface area (Å²) in [7, 11) is 0. The molecule has 0 saturated heterocycles. The summed E-state index contributed by atoms with van der Waals surface area (Å²) in [5, 5.41) is 3.59. The maximum atomic E-state index is 12.2. The minimum atomic E-state index is -0.205. The summed E-state index contributed by atoms with van der Waals surface area (Å²) in [4.78, 5) is 23.2. The van der Waals surface area contributed by atoms with Crippen LogP contribution in [0.2, 0.25) is 10.0 Å². The molecule has 0 spiro atoms. The van der Waals surface area contributed by atoms with Crippen molar-refractivity contribution < 1.29 is 9.59 Å². The molecule has 3 nitrogen and oxygen atoms in total. The van der Waals surface area contributed by atoms with Gasteiger partial charge in [-0.05, 0) is 36.4 Å². The number of amides is 1. The number of carbonyl (C=O) groups excluding carboxylic acids is 2. The van der Waals surface area contributed by atoms with Crippen LogP contribution in [0.4, 0.5) is 5.69 Å². The second kappa shape index (κ2) is 7.25. The number of ketones is 1. The fourth-order valence-corrected chi connectivity index (χ4v) is 2.40. The van der Waals surface area contributed by atoms with E-state index in [9.17, 15) is 9.59 Å². The normalized spacial score (nSPS) is 10.7. The van der Waals surface area contributed by atoms with Crippen LogP contribution in [0.15, 0.2) is 48.5 Å². The Bertz CT molecular complexity index is 734. The van der Waals surface area contributed by atoms with Crippen LogP contribution >= 0.6 is 23.2 Å². The lowest BCUT2D eigenvalue weighted by atomic mass is 10.1. The van der Waals surface area contributed by atoms with Gasteiger partial charge in [0.1, 0.15) is 0 Å². The van der Waals surface area contributed by atoms with Crippen LogP contribution in [0, 0.1) is 0 Å². The highest BCUT2D eigenvalue weighted by Gasteiger charge is 2.06. The highest BCUT2D eigenvalue weighted by molar-refractivity contribution is 6.37. The van der Waals surface area contributed by atoms with E-state index in [1.54, 1.807) is 48.5 Å². The van der Waals surface area contributed by atoms with Crippen molar-refractivity contribution in [3.05, 3.63) is 69.7 Å². The third-order valence-electron chi connectivity index (χ3n) is 2.87. The van der Waals surface area contributed by atoms with Gasteiger partial charge in [-0.3, -0.25) is 9.59 Å². The first-order valence-corrected chi connectivity index (χ1v) is 7.27. The quantitative estimate of drug-likeness (QED) is 0.642. The van der Waals surface area contributed by atoms with Crippen LogP contribution < -0.4 is 5.32 Å². The summed E-state index contributed by atoms with van der Waals surface area (Å²) in [5.74, 6) is -0.397. The van der Waals surface area contributed by atoms with Gasteiger partial charge in [-0.1, -0.05) is 41.4 Å². The van der Waals surface area contributed by atoms with Gasteiger partial charge in [0, 0.05) is 33.8 Å². The maximum absolute atomic E-state index is 12.2. The molecule has 5 heteroatoms. The van der Waals surface area contributed by atoms with Gasteiger partial charge in [-0.15, -0.1) is 0 Å². The third kappa shape index (κ3) is 4.20. The molecule has 0 bridgehead atoms. The Morgan fingerprint density at radius 3 is 2.32 bits per heavy atom. The molecule has 0 aliphatic carbocycles. The number of halogens is 2. The fourth-order valence-electron chi connectivity index (χ4n) is 1.88. The summed E-state index contributed by atoms with van der Waals surface area (Å²) in [6.07, 6.45) is 2.98. The van der Waals surface area contributed by atoms with Crippen LogP contribution in [0.5, 0.6) is 0 Å². The highest BCUT2D eigenvalue weighted by Crippen LogP contribution is 2.25. The minimum Gasteiger partial charge on any atom is -0.326 e. The van der Waals surface area contributed by atoms with Crippen molar-refractivity contribution in [2.45, 2.75) is 6.92 Å². The largest absolute Gasteiger partial charge is 0.326 e. The van der Waals surface area contributed by atoms with Gasteiger partial charge in [-0.2, -0.15) is 0 Å². The fraction of sp³-hybridized carbons (Fsp3) is 0.0588. The molecule has 0 fully saturated rings. The first kappa shape index (κ1) is 16.3.